The predicted octanol–water partition coefficient (Wildman–Crippen LogP) is 7.05. The number of hydrogen-bond acceptors (Lipinski definition) is 1. The summed E-state index contributed by atoms with van der Waals surface area (Å²) in [5, 5.41) is 1.23. The van der Waals surface area contributed by atoms with E-state index in [9.17, 15) is 44.3 Å². The molecule has 0 heterocycles. The van der Waals surface area contributed by atoms with Gasteiger partial charge in [-0.1, -0.05) is 17.7 Å². The van der Waals surface area contributed by atoms with Crippen LogP contribution in [-0.2, 0) is 23.3 Å². The first-order chi connectivity index (χ1) is 13.6. The number of halogens is 10. The highest BCUT2D eigenvalue weighted by Gasteiger charge is 2.37. The van der Waals surface area contributed by atoms with E-state index in [0.29, 0.717) is 24.3 Å². The largest absolute Gasteiger partial charge is 0.417 e. The van der Waals surface area contributed by atoms with Crippen LogP contribution in [0.5, 0.6) is 0 Å². The highest BCUT2D eigenvalue weighted by molar-refractivity contribution is 6.31. The summed E-state index contributed by atoms with van der Waals surface area (Å²) in [6, 6.07) is 3.16. The van der Waals surface area contributed by atoms with E-state index in [1.807, 2.05) is 5.32 Å². The molecule has 0 saturated carbocycles. The van der Waals surface area contributed by atoms with Crippen molar-refractivity contribution >= 4 is 29.3 Å². The van der Waals surface area contributed by atoms with Crippen molar-refractivity contribution in [2.45, 2.75) is 18.5 Å². The average molecular weight is 462 g/mol. The third kappa shape index (κ3) is 6.15. The van der Waals surface area contributed by atoms with Gasteiger partial charge in [0.05, 0.1) is 21.7 Å². The number of carbonyl (C=O) groups is 1. The number of hydrogen-bond donors (Lipinski definition) is 1. The van der Waals surface area contributed by atoms with Gasteiger partial charge >= 0.3 is 18.5 Å². The molecule has 0 saturated heterocycles. The molecule has 0 aliphatic carbocycles. The van der Waals surface area contributed by atoms with Gasteiger partial charge in [0.2, 0.25) is 5.91 Å². The zero-order chi connectivity index (χ0) is 22.9. The second-order valence-corrected chi connectivity index (χ2v) is 6.26. The second kappa shape index (κ2) is 8.21. The average Bonchev–Trinajstić information content (AvgIpc) is 2.58. The number of amides is 1. The number of rotatable bonds is 3. The van der Waals surface area contributed by atoms with Gasteiger partial charge in [-0.05, 0) is 42.0 Å². The number of alkyl halides is 9. The van der Waals surface area contributed by atoms with Gasteiger partial charge in [0.15, 0.2) is 0 Å². The number of nitrogens with one attached hydrogen (secondary N) is 1. The van der Waals surface area contributed by atoms with Crippen LogP contribution in [0.15, 0.2) is 42.5 Å². The van der Waals surface area contributed by atoms with Crippen molar-refractivity contribution in [2.75, 3.05) is 5.32 Å². The van der Waals surface area contributed by atoms with E-state index in [1.54, 1.807) is 0 Å². The van der Waals surface area contributed by atoms with Gasteiger partial charge in [-0.2, -0.15) is 39.5 Å². The van der Waals surface area contributed by atoms with Crippen LogP contribution in [0.3, 0.4) is 0 Å². The Labute approximate surface area is 167 Å². The van der Waals surface area contributed by atoms with Gasteiger partial charge in [-0.3, -0.25) is 4.79 Å². The first-order valence-corrected chi connectivity index (χ1v) is 8.10. The SMILES string of the molecule is O=C(/C=C/c1ccc(Cl)c(C(F)(F)F)c1)Nc1cc(C(F)(F)F)cc(C(F)(F)F)c1. The Balaban J connectivity index is 2.28. The Kier molecular flexibility index (Phi) is 6.45. The number of benzene rings is 2. The maximum Gasteiger partial charge on any atom is 0.417 e. The highest BCUT2D eigenvalue weighted by Crippen LogP contribution is 2.38. The van der Waals surface area contributed by atoms with E-state index in [0.717, 1.165) is 18.2 Å². The summed E-state index contributed by atoms with van der Waals surface area (Å²) in [6.45, 7) is 0. The summed E-state index contributed by atoms with van der Waals surface area (Å²) >= 11 is 5.45. The molecule has 0 radical (unpaired) electrons. The Bertz CT molecular complexity index is 943. The molecule has 0 aliphatic rings. The molecular formula is C18H9ClF9NO. The number of anilines is 1. The molecule has 1 amide bonds. The molecule has 2 nitrogen and oxygen atoms in total. The summed E-state index contributed by atoms with van der Waals surface area (Å²) in [7, 11) is 0. The summed E-state index contributed by atoms with van der Waals surface area (Å²) in [6.07, 6.45) is -13.4. The van der Waals surface area contributed by atoms with Crippen molar-refractivity contribution in [3.63, 3.8) is 0 Å². The molecule has 12 heteroatoms. The summed E-state index contributed by atoms with van der Waals surface area (Å²) in [4.78, 5) is 11.8. The van der Waals surface area contributed by atoms with E-state index in [2.05, 4.69) is 0 Å². The fourth-order valence-corrected chi connectivity index (χ4v) is 2.47. The Morgan fingerprint density at radius 2 is 1.33 bits per heavy atom. The van der Waals surface area contributed by atoms with Gasteiger partial charge in [-0.15, -0.1) is 0 Å². The van der Waals surface area contributed by atoms with Gasteiger partial charge < -0.3 is 5.32 Å². The summed E-state index contributed by atoms with van der Waals surface area (Å²) in [5.74, 6) is -1.16. The normalized spacial score (nSPS) is 13.0. The van der Waals surface area contributed by atoms with E-state index < -0.39 is 51.8 Å². The molecule has 1 N–H and O–H groups in total. The Morgan fingerprint density at radius 1 is 0.800 bits per heavy atom. The van der Waals surface area contributed by atoms with Gasteiger partial charge in [0, 0.05) is 11.8 Å². The molecule has 162 valence electrons. The molecule has 2 aromatic rings. The van der Waals surface area contributed by atoms with E-state index in [-0.39, 0.29) is 11.6 Å². The van der Waals surface area contributed by atoms with Crippen LogP contribution in [-0.4, -0.2) is 5.91 Å². The fraction of sp³-hybridized carbons (Fsp3) is 0.167. The quantitative estimate of drug-likeness (QED) is 0.385. The lowest BCUT2D eigenvalue weighted by molar-refractivity contribution is -0.143. The van der Waals surface area contributed by atoms with Crippen LogP contribution >= 0.6 is 11.6 Å². The zero-order valence-corrected chi connectivity index (χ0v) is 15.1. The van der Waals surface area contributed by atoms with Crippen LogP contribution < -0.4 is 5.32 Å². The number of carbonyl (C=O) groups excluding carboxylic acids is 1. The lowest BCUT2D eigenvalue weighted by atomic mass is 10.1. The molecule has 0 fully saturated rings. The first-order valence-electron chi connectivity index (χ1n) is 7.72. The van der Waals surface area contributed by atoms with Crippen LogP contribution in [0, 0.1) is 0 Å². The molecule has 0 aromatic heterocycles. The molecule has 0 atom stereocenters. The van der Waals surface area contributed by atoms with E-state index in [1.165, 1.54) is 0 Å². The monoisotopic (exact) mass is 461 g/mol. The third-order valence-electron chi connectivity index (χ3n) is 3.58. The minimum Gasteiger partial charge on any atom is -0.322 e. The lowest BCUT2D eigenvalue weighted by Gasteiger charge is -2.14. The second-order valence-electron chi connectivity index (χ2n) is 5.85. The highest BCUT2D eigenvalue weighted by atomic mass is 35.5. The van der Waals surface area contributed by atoms with Crippen LogP contribution in [0.25, 0.3) is 6.08 Å². The topological polar surface area (TPSA) is 29.1 Å². The van der Waals surface area contributed by atoms with Crippen LogP contribution in [0.2, 0.25) is 5.02 Å². The van der Waals surface area contributed by atoms with Crippen molar-refractivity contribution in [3.05, 3.63) is 69.8 Å². The predicted molar refractivity (Wildman–Crippen MR) is 90.6 cm³/mol. The van der Waals surface area contributed by atoms with Crippen molar-refractivity contribution in [3.8, 4) is 0 Å². The van der Waals surface area contributed by atoms with E-state index >= 15 is 0 Å². The summed E-state index contributed by atoms with van der Waals surface area (Å²) < 4.78 is 115. The molecule has 2 rings (SSSR count). The lowest BCUT2D eigenvalue weighted by Crippen LogP contribution is -2.14. The van der Waals surface area contributed by atoms with Crippen LogP contribution in [0.4, 0.5) is 45.2 Å². The minimum absolute atomic E-state index is 0.113. The fourth-order valence-electron chi connectivity index (χ4n) is 2.25. The molecule has 0 unspecified atom stereocenters. The van der Waals surface area contributed by atoms with Gasteiger partial charge in [-0.25, -0.2) is 0 Å². The minimum atomic E-state index is -5.10. The van der Waals surface area contributed by atoms with Crippen LogP contribution in [0.1, 0.15) is 22.3 Å². The molecule has 2 aromatic carbocycles. The van der Waals surface area contributed by atoms with Crippen molar-refractivity contribution in [1.82, 2.24) is 0 Å². The molecular weight excluding hydrogens is 453 g/mol. The standard InChI is InChI=1S/C18H9ClF9NO/c19-14-3-1-9(5-13(14)18(26,27)28)2-4-15(30)29-12-7-10(16(20,21)22)6-11(8-12)17(23,24)25/h1-8H,(H,29,30)/b4-2+. The van der Waals surface area contributed by atoms with Crippen molar-refractivity contribution < 1.29 is 44.3 Å². The summed E-state index contributed by atoms with van der Waals surface area (Å²) in [5.41, 5.74) is -5.37. The maximum absolute atomic E-state index is 12.8. The maximum atomic E-state index is 12.8. The zero-order valence-electron chi connectivity index (χ0n) is 14.3. The molecule has 0 aliphatic heterocycles. The van der Waals surface area contributed by atoms with Gasteiger partial charge in [0.1, 0.15) is 0 Å². The molecule has 30 heavy (non-hydrogen) atoms. The third-order valence-corrected chi connectivity index (χ3v) is 3.91. The smallest absolute Gasteiger partial charge is 0.322 e. The van der Waals surface area contributed by atoms with Gasteiger partial charge in [0.25, 0.3) is 0 Å². The van der Waals surface area contributed by atoms with Crippen molar-refractivity contribution in [1.29, 1.82) is 0 Å². The first kappa shape index (κ1) is 23.6. The Hall–Kier alpha value is -2.69. The Morgan fingerprint density at radius 3 is 1.80 bits per heavy atom. The van der Waals surface area contributed by atoms with E-state index in [4.69, 9.17) is 11.6 Å². The molecule has 0 spiro atoms. The molecule has 0 bridgehead atoms. The van der Waals surface area contributed by atoms with Crippen molar-refractivity contribution in [2.24, 2.45) is 0 Å².